The van der Waals surface area contributed by atoms with Gasteiger partial charge in [0.15, 0.2) is 17.3 Å². The van der Waals surface area contributed by atoms with E-state index in [1.807, 2.05) is 23.1 Å². The van der Waals surface area contributed by atoms with Crippen LogP contribution in [0.1, 0.15) is 30.0 Å². The number of ether oxygens (including phenoxy) is 2. The van der Waals surface area contributed by atoms with Crippen LogP contribution in [0.4, 0.5) is 5.82 Å². The lowest BCUT2D eigenvalue weighted by Crippen LogP contribution is -2.49. The largest absolute Gasteiger partial charge is 0.493 e. The maximum atomic E-state index is 12.7. The molecule has 4 rings (SSSR count). The Morgan fingerprint density at radius 1 is 1.00 bits per heavy atom. The molecule has 1 saturated heterocycles. The summed E-state index contributed by atoms with van der Waals surface area (Å²) in [6.07, 6.45) is 2.82. The molecular formula is C21H26N4O3. The molecule has 28 heavy (non-hydrogen) atoms. The summed E-state index contributed by atoms with van der Waals surface area (Å²) in [5.74, 6) is 2.96. The van der Waals surface area contributed by atoms with E-state index < -0.39 is 0 Å². The van der Waals surface area contributed by atoms with Gasteiger partial charge in [0.25, 0.3) is 0 Å². The van der Waals surface area contributed by atoms with E-state index in [1.165, 1.54) is 12.8 Å². The summed E-state index contributed by atoms with van der Waals surface area (Å²) in [6.45, 7) is 2.93. The molecule has 0 radical (unpaired) electrons. The second-order valence-corrected chi connectivity index (χ2v) is 7.32. The Kier molecular flexibility index (Phi) is 5.32. The molecule has 0 bridgehead atoms. The lowest BCUT2D eigenvalue weighted by atomic mass is 10.1. The van der Waals surface area contributed by atoms with Crippen LogP contribution in [0.15, 0.2) is 30.3 Å². The minimum absolute atomic E-state index is 0.127. The molecule has 1 aliphatic heterocycles. The Morgan fingerprint density at radius 3 is 2.36 bits per heavy atom. The zero-order valence-electron chi connectivity index (χ0n) is 16.4. The quantitative estimate of drug-likeness (QED) is 0.763. The SMILES string of the molecule is COc1ccc(CC(=O)N2CCN(c3ccc(C4CC4)nn3)CC2)cc1OC. The molecule has 1 aliphatic carbocycles. The Labute approximate surface area is 165 Å². The summed E-state index contributed by atoms with van der Waals surface area (Å²) in [6, 6.07) is 9.76. The molecular weight excluding hydrogens is 356 g/mol. The van der Waals surface area contributed by atoms with Crippen molar-refractivity contribution in [1.29, 1.82) is 0 Å². The van der Waals surface area contributed by atoms with E-state index in [9.17, 15) is 4.79 Å². The second-order valence-electron chi connectivity index (χ2n) is 7.32. The fourth-order valence-electron chi connectivity index (χ4n) is 3.56. The van der Waals surface area contributed by atoms with Crippen molar-refractivity contribution in [3.05, 3.63) is 41.6 Å². The number of carbonyl (C=O) groups is 1. The topological polar surface area (TPSA) is 67.8 Å². The van der Waals surface area contributed by atoms with E-state index in [1.54, 1.807) is 14.2 Å². The number of hydrogen-bond acceptors (Lipinski definition) is 6. The van der Waals surface area contributed by atoms with Crippen molar-refractivity contribution in [2.45, 2.75) is 25.2 Å². The molecule has 0 atom stereocenters. The molecule has 2 aromatic rings. The Hall–Kier alpha value is -2.83. The molecule has 0 spiro atoms. The van der Waals surface area contributed by atoms with E-state index in [4.69, 9.17) is 9.47 Å². The predicted octanol–water partition coefficient (Wildman–Crippen LogP) is 2.26. The molecule has 2 aliphatic rings. The number of benzene rings is 1. The van der Waals surface area contributed by atoms with Gasteiger partial charge in [0, 0.05) is 32.1 Å². The van der Waals surface area contributed by atoms with E-state index in [0.29, 0.717) is 36.9 Å². The third kappa shape index (κ3) is 4.03. The molecule has 148 valence electrons. The van der Waals surface area contributed by atoms with Crippen molar-refractivity contribution in [3.8, 4) is 11.5 Å². The molecule has 0 unspecified atom stereocenters. The van der Waals surface area contributed by atoms with E-state index >= 15 is 0 Å². The monoisotopic (exact) mass is 382 g/mol. The molecule has 7 heteroatoms. The molecule has 7 nitrogen and oxygen atoms in total. The van der Waals surface area contributed by atoms with Crippen molar-refractivity contribution in [1.82, 2.24) is 15.1 Å². The number of piperazine rings is 1. The summed E-state index contributed by atoms with van der Waals surface area (Å²) in [7, 11) is 3.20. The first-order valence-electron chi connectivity index (χ1n) is 9.75. The summed E-state index contributed by atoms with van der Waals surface area (Å²) < 4.78 is 10.6. The van der Waals surface area contributed by atoms with Gasteiger partial charge in [0.05, 0.1) is 26.3 Å². The Bertz CT molecular complexity index is 828. The first kappa shape index (κ1) is 18.5. The first-order valence-corrected chi connectivity index (χ1v) is 9.75. The highest BCUT2D eigenvalue weighted by Gasteiger charge is 2.26. The highest BCUT2D eigenvalue weighted by Crippen LogP contribution is 2.38. The number of nitrogens with zero attached hydrogens (tertiary/aromatic N) is 4. The Morgan fingerprint density at radius 2 is 1.75 bits per heavy atom. The summed E-state index contributed by atoms with van der Waals surface area (Å²) in [5.41, 5.74) is 2.03. The first-order chi connectivity index (χ1) is 13.7. The molecule has 0 N–H and O–H groups in total. The van der Waals surface area contributed by atoms with Crippen LogP contribution in [0.2, 0.25) is 0 Å². The van der Waals surface area contributed by atoms with Crippen LogP contribution in [0.5, 0.6) is 11.5 Å². The normalized spacial score (nSPS) is 16.8. The van der Waals surface area contributed by atoms with Gasteiger partial charge in [-0.3, -0.25) is 4.79 Å². The molecule has 1 amide bonds. The predicted molar refractivity (Wildman–Crippen MR) is 106 cm³/mol. The lowest BCUT2D eigenvalue weighted by Gasteiger charge is -2.35. The van der Waals surface area contributed by atoms with Crippen LogP contribution in [-0.4, -0.2) is 61.4 Å². The highest BCUT2D eigenvalue weighted by molar-refractivity contribution is 5.79. The molecule has 1 aromatic carbocycles. The van der Waals surface area contributed by atoms with Crippen molar-refractivity contribution < 1.29 is 14.3 Å². The number of amides is 1. The van der Waals surface area contributed by atoms with Crippen molar-refractivity contribution in [2.75, 3.05) is 45.3 Å². The number of anilines is 1. The molecule has 1 aromatic heterocycles. The van der Waals surface area contributed by atoms with Crippen LogP contribution in [0.3, 0.4) is 0 Å². The third-order valence-electron chi connectivity index (χ3n) is 5.43. The molecule has 2 fully saturated rings. The van der Waals surface area contributed by atoms with Crippen LogP contribution in [0, 0.1) is 0 Å². The van der Waals surface area contributed by atoms with Gasteiger partial charge in [0.2, 0.25) is 5.91 Å². The van der Waals surface area contributed by atoms with Gasteiger partial charge in [-0.2, -0.15) is 5.10 Å². The molecule has 1 saturated carbocycles. The second kappa shape index (κ2) is 8.04. The average Bonchev–Trinajstić information content (AvgIpc) is 3.59. The van der Waals surface area contributed by atoms with Gasteiger partial charge in [-0.15, -0.1) is 5.10 Å². The van der Waals surface area contributed by atoms with Gasteiger partial charge >= 0.3 is 0 Å². The van der Waals surface area contributed by atoms with Gasteiger partial charge in [-0.25, -0.2) is 0 Å². The van der Waals surface area contributed by atoms with Crippen LogP contribution >= 0.6 is 0 Å². The maximum Gasteiger partial charge on any atom is 0.227 e. The van der Waals surface area contributed by atoms with Crippen molar-refractivity contribution in [3.63, 3.8) is 0 Å². The van der Waals surface area contributed by atoms with Crippen LogP contribution in [-0.2, 0) is 11.2 Å². The van der Waals surface area contributed by atoms with E-state index in [0.717, 1.165) is 30.2 Å². The lowest BCUT2D eigenvalue weighted by molar-refractivity contribution is -0.130. The maximum absolute atomic E-state index is 12.7. The Balaban J connectivity index is 1.32. The fraction of sp³-hybridized carbons (Fsp3) is 0.476. The van der Waals surface area contributed by atoms with Crippen LogP contribution < -0.4 is 14.4 Å². The number of methoxy groups -OCH3 is 2. The molecule has 2 heterocycles. The van der Waals surface area contributed by atoms with Gasteiger partial charge in [0.1, 0.15) is 0 Å². The fourth-order valence-corrected chi connectivity index (χ4v) is 3.56. The standard InChI is InChI=1S/C21H26N4O3/c1-27-18-7-3-15(13-19(18)28-2)14-21(26)25-11-9-24(10-12-25)20-8-6-17(22-23-20)16-4-5-16/h3,6-8,13,16H,4-5,9-12,14H2,1-2H3. The van der Waals surface area contributed by atoms with Crippen LogP contribution in [0.25, 0.3) is 0 Å². The van der Waals surface area contributed by atoms with Crippen molar-refractivity contribution in [2.24, 2.45) is 0 Å². The summed E-state index contributed by atoms with van der Waals surface area (Å²) in [4.78, 5) is 16.8. The smallest absolute Gasteiger partial charge is 0.227 e. The minimum Gasteiger partial charge on any atom is -0.493 e. The van der Waals surface area contributed by atoms with Gasteiger partial charge in [-0.1, -0.05) is 6.07 Å². The number of carbonyl (C=O) groups excluding carboxylic acids is 1. The average molecular weight is 382 g/mol. The number of rotatable bonds is 6. The van der Waals surface area contributed by atoms with E-state index in [2.05, 4.69) is 27.2 Å². The van der Waals surface area contributed by atoms with Gasteiger partial charge in [-0.05, 0) is 42.7 Å². The van der Waals surface area contributed by atoms with Crippen molar-refractivity contribution >= 4 is 11.7 Å². The summed E-state index contributed by atoms with van der Waals surface area (Å²) >= 11 is 0. The number of hydrogen-bond donors (Lipinski definition) is 0. The highest BCUT2D eigenvalue weighted by atomic mass is 16.5. The minimum atomic E-state index is 0.127. The number of aromatic nitrogens is 2. The zero-order chi connectivity index (χ0) is 19.5. The zero-order valence-corrected chi connectivity index (χ0v) is 16.4. The third-order valence-corrected chi connectivity index (χ3v) is 5.43. The summed E-state index contributed by atoms with van der Waals surface area (Å²) in [5, 5.41) is 8.75. The van der Waals surface area contributed by atoms with Gasteiger partial charge < -0.3 is 19.3 Å². The van der Waals surface area contributed by atoms with E-state index in [-0.39, 0.29) is 5.91 Å².